The topological polar surface area (TPSA) is 44.5 Å². The van der Waals surface area contributed by atoms with Crippen LogP contribution in [-0.4, -0.2) is 19.3 Å². The number of hydrogen-bond donors (Lipinski definition) is 1. The van der Waals surface area contributed by atoms with E-state index < -0.39 is 0 Å². The van der Waals surface area contributed by atoms with Crippen molar-refractivity contribution in [3.8, 4) is 5.75 Å². The van der Waals surface area contributed by atoms with E-state index in [1.807, 2.05) is 13.8 Å². The van der Waals surface area contributed by atoms with Crippen LogP contribution in [-0.2, 0) is 11.3 Å². The fourth-order valence-electron chi connectivity index (χ4n) is 1.23. The van der Waals surface area contributed by atoms with E-state index in [1.165, 1.54) is 6.07 Å². The fraction of sp³-hybridized carbons (Fsp3) is 0.500. The maximum absolute atomic E-state index is 13.3. The van der Waals surface area contributed by atoms with E-state index in [4.69, 9.17) is 15.2 Å². The van der Waals surface area contributed by atoms with Crippen molar-refractivity contribution >= 4 is 0 Å². The molecule has 1 rings (SSSR count). The molecule has 0 spiro atoms. The molecule has 0 amide bonds. The molecule has 3 nitrogen and oxygen atoms in total. The molecule has 0 aliphatic rings. The molecule has 90 valence electrons. The molecule has 0 saturated carbocycles. The van der Waals surface area contributed by atoms with Crippen molar-refractivity contribution in [1.29, 1.82) is 0 Å². The Hall–Kier alpha value is -1.13. The van der Waals surface area contributed by atoms with E-state index in [2.05, 4.69) is 0 Å². The van der Waals surface area contributed by atoms with Gasteiger partial charge >= 0.3 is 0 Å². The van der Waals surface area contributed by atoms with Gasteiger partial charge in [-0.15, -0.1) is 0 Å². The standard InChI is InChI=1S/C12H18FNO2/c1-9(2)15-5-6-16-11-4-3-10(8-14)12(13)7-11/h3-4,7,9H,5-6,8,14H2,1-2H3. The first-order valence-electron chi connectivity index (χ1n) is 5.36. The zero-order chi connectivity index (χ0) is 12.0. The molecule has 0 atom stereocenters. The predicted molar refractivity (Wildman–Crippen MR) is 60.9 cm³/mol. The summed E-state index contributed by atoms with van der Waals surface area (Å²) < 4.78 is 23.9. The molecule has 0 radical (unpaired) electrons. The molecule has 0 fully saturated rings. The molecule has 1 aromatic rings. The highest BCUT2D eigenvalue weighted by molar-refractivity contribution is 5.28. The Bertz CT molecular complexity index is 329. The number of nitrogens with two attached hydrogens (primary N) is 1. The monoisotopic (exact) mass is 227 g/mol. The Balaban J connectivity index is 2.40. The molecule has 0 aliphatic heterocycles. The fourth-order valence-corrected chi connectivity index (χ4v) is 1.23. The summed E-state index contributed by atoms with van der Waals surface area (Å²) in [6, 6.07) is 4.69. The Morgan fingerprint density at radius 2 is 2.06 bits per heavy atom. The van der Waals surface area contributed by atoms with Crippen LogP contribution in [0.4, 0.5) is 4.39 Å². The molecular formula is C12H18FNO2. The average molecular weight is 227 g/mol. The normalized spacial score (nSPS) is 10.8. The summed E-state index contributed by atoms with van der Waals surface area (Å²) in [7, 11) is 0. The van der Waals surface area contributed by atoms with Gasteiger partial charge in [-0.05, 0) is 19.9 Å². The molecule has 4 heteroatoms. The molecule has 0 heterocycles. The van der Waals surface area contributed by atoms with Crippen molar-refractivity contribution < 1.29 is 13.9 Å². The van der Waals surface area contributed by atoms with Gasteiger partial charge in [-0.2, -0.15) is 0 Å². The van der Waals surface area contributed by atoms with Crippen LogP contribution in [0.1, 0.15) is 19.4 Å². The van der Waals surface area contributed by atoms with Crippen molar-refractivity contribution in [2.24, 2.45) is 5.73 Å². The van der Waals surface area contributed by atoms with Gasteiger partial charge in [0, 0.05) is 18.2 Å². The highest BCUT2D eigenvalue weighted by Gasteiger charge is 2.02. The zero-order valence-electron chi connectivity index (χ0n) is 9.70. The van der Waals surface area contributed by atoms with Crippen molar-refractivity contribution in [1.82, 2.24) is 0 Å². The van der Waals surface area contributed by atoms with E-state index in [-0.39, 0.29) is 18.5 Å². The summed E-state index contributed by atoms with van der Waals surface area (Å²) in [5, 5.41) is 0. The maximum Gasteiger partial charge on any atom is 0.131 e. The van der Waals surface area contributed by atoms with Crippen LogP contribution in [0.15, 0.2) is 18.2 Å². The second-order valence-electron chi connectivity index (χ2n) is 3.73. The molecule has 1 aromatic carbocycles. The SMILES string of the molecule is CC(C)OCCOc1ccc(CN)c(F)c1. The third-order valence-corrected chi connectivity index (χ3v) is 2.05. The lowest BCUT2D eigenvalue weighted by atomic mass is 10.2. The first kappa shape index (κ1) is 12.9. The van der Waals surface area contributed by atoms with E-state index in [0.29, 0.717) is 24.5 Å². The second kappa shape index (κ2) is 6.45. The molecule has 0 unspecified atom stereocenters. The van der Waals surface area contributed by atoms with Crippen LogP contribution in [0.5, 0.6) is 5.75 Å². The lowest BCUT2D eigenvalue weighted by Gasteiger charge is -2.10. The van der Waals surface area contributed by atoms with Gasteiger partial charge in [0.25, 0.3) is 0 Å². The molecule has 2 N–H and O–H groups in total. The quantitative estimate of drug-likeness (QED) is 0.757. The molecule has 0 aromatic heterocycles. The van der Waals surface area contributed by atoms with Crippen LogP contribution >= 0.6 is 0 Å². The first-order valence-corrected chi connectivity index (χ1v) is 5.36. The third-order valence-electron chi connectivity index (χ3n) is 2.05. The van der Waals surface area contributed by atoms with E-state index in [0.717, 1.165) is 0 Å². The van der Waals surface area contributed by atoms with Gasteiger partial charge in [0.2, 0.25) is 0 Å². The van der Waals surface area contributed by atoms with E-state index >= 15 is 0 Å². The summed E-state index contributed by atoms with van der Waals surface area (Å²) in [5.74, 6) is 0.173. The largest absolute Gasteiger partial charge is 0.491 e. The lowest BCUT2D eigenvalue weighted by molar-refractivity contribution is 0.0552. The summed E-state index contributed by atoms with van der Waals surface area (Å²) in [5.41, 5.74) is 5.85. The zero-order valence-corrected chi connectivity index (χ0v) is 9.70. The van der Waals surface area contributed by atoms with Crippen molar-refractivity contribution in [2.75, 3.05) is 13.2 Å². The molecule has 0 saturated heterocycles. The average Bonchev–Trinajstić information content (AvgIpc) is 2.24. The van der Waals surface area contributed by atoms with Gasteiger partial charge in [0.05, 0.1) is 12.7 Å². The van der Waals surface area contributed by atoms with E-state index in [9.17, 15) is 4.39 Å². The van der Waals surface area contributed by atoms with Crippen molar-refractivity contribution in [3.05, 3.63) is 29.6 Å². The van der Waals surface area contributed by atoms with Crippen LogP contribution in [0.25, 0.3) is 0 Å². The molecule has 0 aliphatic carbocycles. The first-order chi connectivity index (χ1) is 7.63. The van der Waals surface area contributed by atoms with Gasteiger partial charge in [-0.3, -0.25) is 0 Å². The second-order valence-corrected chi connectivity index (χ2v) is 3.73. The summed E-state index contributed by atoms with van der Waals surface area (Å²) in [4.78, 5) is 0. The molecule has 0 bridgehead atoms. The van der Waals surface area contributed by atoms with Gasteiger partial charge < -0.3 is 15.2 Å². The van der Waals surface area contributed by atoms with Crippen LogP contribution in [0.3, 0.4) is 0 Å². The number of hydrogen-bond acceptors (Lipinski definition) is 3. The Morgan fingerprint density at radius 1 is 1.31 bits per heavy atom. The summed E-state index contributed by atoms with van der Waals surface area (Å²) >= 11 is 0. The lowest BCUT2D eigenvalue weighted by Crippen LogP contribution is -2.11. The highest BCUT2D eigenvalue weighted by Crippen LogP contribution is 2.16. The van der Waals surface area contributed by atoms with Crippen molar-refractivity contribution in [2.45, 2.75) is 26.5 Å². The number of ether oxygens (including phenoxy) is 2. The van der Waals surface area contributed by atoms with Gasteiger partial charge in [0.1, 0.15) is 18.2 Å². The van der Waals surface area contributed by atoms with E-state index in [1.54, 1.807) is 12.1 Å². The maximum atomic E-state index is 13.3. The highest BCUT2D eigenvalue weighted by atomic mass is 19.1. The minimum atomic E-state index is -0.329. The van der Waals surface area contributed by atoms with Gasteiger partial charge in [0.15, 0.2) is 0 Å². The minimum absolute atomic E-state index is 0.181. The Labute approximate surface area is 95.4 Å². The Kier molecular flexibility index (Phi) is 5.22. The molecular weight excluding hydrogens is 209 g/mol. The van der Waals surface area contributed by atoms with Gasteiger partial charge in [-0.1, -0.05) is 6.07 Å². The van der Waals surface area contributed by atoms with Gasteiger partial charge in [-0.25, -0.2) is 4.39 Å². The van der Waals surface area contributed by atoms with Crippen LogP contribution < -0.4 is 10.5 Å². The minimum Gasteiger partial charge on any atom is -0.491 e. The Morgan fingerprint density at radius 3 is 2.62 bits per heavy atom. The van der Waals surface area contributed by atoms with Crippen molar-refractivity contribution in [3.63, 3.8) is 0 Å². The molecule has 16 heavy (non-hydrogen) atoms. The third kappa shape index (κ3) is 4.16. The summed E-state index contributed by atoms with van der Waals surface area (Å²) in [6.45, 7) is 5.02. The van der Waals surface area contributed by atoms with Crippen LogP contribution in [0.2, 0.25) is 0 Å². The smallest absolute Gasteiger partial charge is 0.131 e. The predicted octanol–water partition coefficient (Wildman–Crippen LogP) is 2.09. The van der Waals surface area contributed by atoms with Crippen LogP contribution in [0, 0.1) is 5.82 Å². The number of benzene rings is 1. The number of halogens is 1. The number of rotatable bonds is 6. The summed E-state index contributed by atoms with van der Waals surface area (Å²) in [6.07, 6.45) is 0.181.